The molecule has 0 amide bonds. The molecule has 1 atom stereocenters. The van der Waals surface area contributed by atoms with Crippen molar-refractivity contribution in [3.05, 3.63) is 29.8 Å². The van der Waals surface area contributed by atoms with Gasteiger partial charge in [0.15, 0.2) is 0 Å². The number of nitrogens with one attached hydrogen (secondary N) is 1. The third-order valence-corrected chi connectivity index (χ3v) is 4.32. The fourth-order valence-electron chi connectivity index (χ4n) is 2.21. The van der Waals surface area contributed by atoms with Gasteiger partial charge in [-0.2, -0.15) is 11.8 Å². The number of hydrogen-bond acceptors (Lipinski definition) is 2. The standard InChI is InChI=1S/C14H21NS/c1-11(2)13-7-3-4-8-14(13)15-12-6-5-9-16-10-12/h3-4,7-8,11-12,15H,5-6,9-10H2,1-2H3. The number of rotatable bonds is 3. The summed E-state index contributed by atoms with van der Waals surface area (Å²) >= 11 is 2.07. The van der Waals surface area contributed by atoms with Gasteiger partial charge in [-0.05, 0) is 36.1 Å². The third-order valence-electron chi connectivity index (χ3n) is 3.10. The van der Waals surface area contributed by atoms with Crippen molar-refractivity contribution in [2.24, 2.45) is 0 Å². The van der Waals surface area contributed by atoms with E-state index < -0.39 is 0 Å². The zero-order valence-electron chi connectivity index (χ0n) is 10.2. The van der Waals surface area contributed by atoms with Crippen LogP contribution < -0.4 is 5.32 Å². The molecule has 1 saturated heterocycles. The Balaban J connectivity index is 2.07. The maximum Gasteiger partial charge on any atom is 0.0377 e. The van der Waals surface area contributed by atoms with E-state index in [9.17, 15) is 0 Å². The van der Waals surface area contributed by atoms with Gasteiger partial charge in [0.05, 0.1) is 0 Å². The topological polar surface area (TPSA) is 12.0 Å². The van der Waals surface area contributed by atoms with Crippen LogP contribution in [0.5, 0.6) is 0 Å². The van der Waals surface area contributed by atoms with Gasteiger partial charge in [-0.1, -0.05) is 32.0 Å². The van der Waals surface area contributed by atoms with Gasteiger partial charge in [-0.3, -0.25) is 0 Å². The molecule has 0 spiro atoms. The molecular weight excluding hydrogens is 214 g/mol. The van der Waals surface area contributed by atoms with Crippen LogP contribution in [-0.4, -0.2) is 17.5 Å². The minimum atomic E-state index is 0.597. The number of thioether (sulfide) groups is 1. The minimum absolute atomic E-state index is 0.597. The molecule has 1 aromatic carbocycles. The van der Waals surface area contributed by atoms with Crippen LogP contribution in [0.1, 0.15) is 38.2 Å². The first-order chi connectivity index (χ1) is 7.77. The summed E-state index contributed by atoms with van der Waals surface area (Å²) in [5.41, 5.74) is 2.78. The van der Waals surface area contributed by atoms with Crippen molar-refractivity contribution in [2.75, 3.05) is 16.8 Å². The summed E-state index contributed by atoms with van der Waals surface area (Å²) in [6.07, 6.45) is 2.67. The van der Waals surface area contributed by atoms with Gasteiger partial charge in [-0.25, -0.2) is 0 Å². The molecule has 0 saturated carbocycles. The molecule has 1 nitrogen and oxygen atoms in total. The summed E-state index contributed by atoms with van der Waals surface area (Å²) in [4.78, 5) is 0. The Morgan fingerprint density at radius 2 is 2.12 bits per heavy atom. The summed E-state index contributed by atoms with van der Waals surface area (Å²) < 4.78 is 0. The molecule has 0 radical (unpaired) electrons. The van der Waals surface area contributed by atoms with Crippen LogP contribution in [0.4, 0.5) is 5.69 Å². The molecule has 0 aromatic heterocycles. The van der Waals surface area contributed by atoms with Crippen LogP contribution in [0.15, 0.2) is 24.3 Å². The minimum Gasteiger partial charge on any atom is -0.381 e. The normalized spacial score (nSPS) is 21.1. The summed E-state index contributed by atoms with van der Waals surface area (Å²) in [5.74, 6) is 3.19. The van der Waals surface area contributed by atoms with Crippen molar-refractivity contribution in [3.63, 3.8) is 0 Å². The van der Waals surface area contributed by atoms with E-state index in [0.717, 1.165) is 0 Å². The molecule has 1 aromatic rings. The van der Waals surface area contributed by atoms with E-state index in [4.69, 9.17) is 0 Å². The lowest BCUT2D eigenvalue weighted by Gasteiger charge is -2.25. The zero-order valence-corrected chi connectivity index (χ0v) is 11.0. The maximum absolute atomic E-state index is 3.71. The first kappa shape index (κ1) is 11.8. The third kappa shape index (κ3) is 2.94. The Morgan fingerprint density at radius 3 is 2.81 bits per heavy atom. The molecule has 1 N–H and O–H groups in total. The monoisotopic (exact) mass is 235 g/mol. The molecule has 1 aliphatic heterocycles. The Morgan fingerprint density at radius 1 is 1.31 bits per heavy atom. The zero-order chi connectivity index (χ0) is 11.4. The SMILES string of the molecule is CC(C)c1ccccc1NC1CCCSC1. The highest BCUT2D eigenvalue weighted by Gasteiger charge is 2.15. The molecule has 88 valence electrons. The van der Waals surface area contributed by atoms with Gasteiger partial charge >= 0.3 is 0 Å². The summed E-state index contributed by atoms with van der Waals surface area (Å²) in [5, 5.41) is 3.71. The van der Waals surface area contributed by atoms with E-state index in [1.54, 1.807) is 0 Å². The van der Waals surface area contributed by atoms with E-state index in [0.29, 0.717) is 12.0 Å². The van der Waals surface area contributed by atoms with Gasteiger partial charge in [0.25, 0.3) is 0 Å². The highest BCUT2D eigenvalue weighted by molar-refractivity contribution is 7.99. The Hall–Kier alpha value is -0.630. The Kier molecular flexibility index (Phi) is 4.16. The molecule has 2 rings (SSSR count). The Bertz CT molecular complexity index is 329. The van der Waals surface area contributed by atoms with Gasteiger partial charge in [-0.15, -0.1) is 0 Å². The highest BCUT2D eigenvalue weighted by Crippen LogP contribution is 2.27. The van der Waals surface area contributed by atoms with Crippen molar-refractivity contribution in [1.82, 2.24) is 0 Å². The smallest absolute Gasteiger partial charge is 0.0377 e. The van der Waals surface area contributed by atoms with Crippen molar-refractivity contribution in [2.45, 2.75) is 38.6 Å². The number of benzene rings is 1. The fraction of sp³-hybridized carbons (Fsp3) is 0.571. The van der Waals surface area contributed by atoms with E-state index in [2.05, 4.69) is 55.2 Å². The number of hydrogen-bond donors (Lipinski definition) is 1. The van der Waals surface area contributed by atoms with Crippen molar-refractivity contribution in [3.8, 4) is 0 Å². The fourth-order valence-corrected chi connectivity index (χ4v) is 3.28. The van der Waals surface area contributed by atoms with Crippen LogP contribution in [0.2, 0.25) is 0 Å². The van der Waals surface area contributed by atoms with Gasteiger partial charge in [0.2, 0.25) is 0 Å². The molecule has 2 heteroatoms. The number of para-hydroxylation sites is 1. The van der Waals surface area contributed by atoms with Crippen molar-refractivity contribution < 1.29 is 0 Å². The second kappa shape index (κ2) is 5.62. The molecule has 0 bridgehead atoms. The second-order valence-corrected chi connectivity index (χ2v) is 5.95. The van der Waals surface area contributed by atoms with Crippen LogP contribution in [0.25, 0.3) is 0 Å². The second-order valence-electron chi connectivity index (χ2n) is 4.80. The molecular formula is C14H21NS. The van der Waals surface area contributed by atoms with Gasteiger partial charge < -0.3 is 5.32 Å². The largest absolute Gasteiger partial charge is 0.381 e. The predicted octanol–water partition coefficient (Wildman–Crippen LogP) is 4.12. The van der Waals surface area contributed by atoms with E-state index in [1.165, 1.54) is 35.6 Å². The summed E-state index contributed by atoms with van der Waals surface area (Å²) in [6, 6.07) is 9.39. The maximum atomic E-state index is 3.71. The number of anilines is 1. The summed E-state index contributed by atoms with van der Waals surface area (Å²) in [6.45, 7) is 4.52. The first-order valence-corrected chi connectivity index (χ1v) is 7.36. The van der Waals surface area contributed by atoms with Crippen LogP contribution in [0, 0.1) is 0 Å². The molecule has 1 unspecified atom stereocenters. The molecule has 16 heavy (non-hydrogen) atoms. The predicted molar refractivity (Wildman–Crippen MR) is 74.5 cm³/mol. The first-order valence-electron chi connectivity index (χ1n) is 6.20. The molecule has 1 fully saturated rings. The van der Waals surface area contributed by atoms with Crippen molar-refractivity contribution >= 4 is 17.4 Å². The van der Waals surface area contributed by atoms with E-state index in [-0.39, 0.29) is 0 Å². The average Bonchev–Trinajstić information content (AvgIpc) is 2.31. The van der Waals surface area contributed by atoms with Crippen molar-refractivity contribution in [1.29, 1.82) is 0 Å². The van der Waals surface area contributed by atoms with E-state index >= 15 is 0 Å². The molecule has 1 heterocycles. The Labute approximate surface area is 103 Å². The van der Waals surface area contributed by atoms with Crippen LogP contribution in [-0.2, 0) is 0 Å². The lowest BCUT2D eigenvalue weighted by atomic mass is 10.0. The van der Waals surface area contributed by atoms with Gasteiger partial charge in [0.1, 0.15) is 0 Å². The highest BCUT2D eigenvalue weighted by atomic mass is 32.2. The van der Waals surface area contributed by atoms with Crippen LogP contribution in [0.3, 0.4) is 0 Å². The van der Waals surface area contributed by atoms with E-state index in [1.807, 2.05) is 0 Å². The lowest BCUT2D eigenvalue weighted by Crippen LogP contribution is -2.26. The van der Waals surface area contributed by atoms with Gasteiger partial charge in [0, 0.05) is 17.5 Å². The molecule has 0 aliphatic carbocycles. The van der Waals surface area contributed by atoms with Crippen LogP contribution >= 0.6 is 11.8 Å². The molecule has 1 aliphatic rings. The lowest BCUT2D eigenvalue weighted by molar-refractivity contribution is 0.683. The quantitative estimate of drug-likeness (QED) is 0.846. The summed E-state index contributed by atoms with van der Waals surface area (Å²) in [7, 11) is 0. The average molecular weight is 235 g/mol.